The van der Waals surface area contributed by atoms with Crippen molar-refractivity contribution < 1.29 is 8.81 Å². The summed E-state index contributed by atoms with van der Waals surface area (Å²) in [5.74, 6) is 0.466. The number of nitrogens with one attached hydrogen (secondary N) is 1. The molecule has 0 bridgehead atoms. The first-order valence-corrected chi connectivity index (χ1v) is 6.09. The van der Waals surface area contributed by atoms with Crippen LogP contribution in [0.25, 0.3) is 11.0 Å². The number of fused-ring (bicyclic) bond motifs is 1. The molecule has 0 unspecified atom stereocenters. The highest BCUT2D eigenvalue weighted by atomic mass is 35.5. The van der Waals surface area contributed by atoms with Crippen LogP contribution in [0.2, 0.25) is 5.02 Å². The highest BCUT2D eigenvalue weighted by Crippen LogP contribution is 2.32. The zero-order valence-electron chi connectivity index (χ0n) is 9.94. The Kier molecular flexibility index (Phi) is 3.69. The molecule has 0 fully saturated rings. The molecule has 2 aromatic rings. The molecular weight excluding hydrogens is 241 g/mol. The number of rotatable bonds is 4. The number of halogens is 2. The largest absolute Gasteiger partial charge is 0.458 e. The molecule has 0 aliphatic rings. The highest BCUT2D eigenvalue weighted by molar-refractivity contribution is 6.34. The number of benzene rings is 1. The molecule has 4 heteroatoms. The lowest BCUT2D eigenvalue weighted by Crippen LogP contribution is -2.13. The number of hydrogen-bond donors (Lipinski definition) is 1. The van der Waals surface area contributed by atoms with Gasteiger partial charge in [-0.25, -0.2) is 4.39 Å². The fourth-order valence-corrected chi connectivity index (χ4v) is 2.07. The molecule has 0 spiro atoms. The Bertz CT molecular complexity index is 536. The zero-order valence-corrected chi connectivity index (χ0v) is 10.7. The predicted octanol–water partition coefficient (Wildman–Crippen LogP) is 4.03. The van der Waals surface area contributed by atoms with E-state index in [1.807, 2.05) is 6.92 Å². The summed E-state index contributed by atoms with van der Waals surface area (Å²) in [7, 11) is 0. The molecule has 1 aromatic carbocycles. The first kappa shape index (κ1) is 12.4. The van der Waals surface area contributed by atoms with Crippen LogP contribution in [0.3, 0.4) is 0 Å². The van der Waals surface area contributed by atoms with Crippen LogP contribution in [-0.2, 0) is 6.54 Å². The SMILES string of the molecule is CCCNCc1oc2c(Cl)ccc(F)c2c1C. The lowest BCUT2D eigenvalue weighted by molar-refractivity contribution is 0.510. The van der Waals surface area contributed by atoms with E-state index in [0.717, 1.165) is 24.3 Å². The third-order valence-electron chi connectivity index (χ3n) is 2.79. The summed E-state index contributed by atoms with van der Waals surface area (Å²) in [6, 6.07) is 2.89. The molecular formula is C13H15ClFNO. The van der Waals surface area contributed by atoms with E-state index >= 15 is 0 Å². The molecule has 0 radical (unpaired) electrons. The van der Waals surface area contributed by atoms with E-state index in [9.17, 15) is 4.39 Å². The Hall–Kier alpha value is -1.06. The van der Waals surface area contributed by atoms with Gasteiger partial charge < -0.3 is 9.73 Å². The van der Waals surface area contributed by atoms with Gasteiger partial charge in [0.2, 0.25) is 0 Å². The zero-order chi connectivity index (χ0) is 12.4. The summed E-state index contributed by atoms with van der Waals surface area (Å²) in [5, 5.41) is 4.17. The number of aryl methyl sites for hydroxylation is 1. The molecule has 17 heavy (non-hydrogen) atoms. The van der Waals surface area contributed by atoms with E-state index < -0.39 is 0 Å². The van der Waals surface area contributed by atoms with Gasteiger partial charge in [-0.1, -0.05) is 18.5 Å². The highest BCUT2D eigenvalue weighted by Gasteiger charge is 2.16. The Morgan fingerprint density at radius 1 is 1.41 bits per heavy atom. The maximum Gasteiger partial charge on any atom is 0.156 e. The standard InChI is InChI=1S/C13H15ClFNO/c1-3-6-16-7-11-8(2)12-10(15)5-4-9(14)13(12)17-11/h4-5,16H,3,6-7H2,1-2H3. The maximum atomic E-state index is 13.7. The van der Waals surface area contributed by atoms with Crippen molar-refractivity contribution in [1.82, 2.24) is 5.32 Å². The molecule has 0 amide bonds. The molecule has 0 saturated carbocycles. The smallest absolute Gasteiger partial charge is 0.156 e. The minimum atomic E-state index is -0.285. The molecule has 0 aliphatic carbocycles. The second-order valence-corrected chi connectivity index (χ2v) is 4.47. The summed E-state index contributed by atoms with van der Waals surface area (Å²) in [6.07, 6.45) is 1.05. The molecule has 0 saturated heterocycles. The van der Waals surface area contributed by atoms with Crippen molar-refractivity contribution in [3.63, 3.8) is 0 Å². The van der Waals surface area contributed by atoms with E-state index in [1.165, 1.54) is 12.1 Å². The summed E-state index contributed by atoms with van der Waals surface area (Å²) in [4.78, 5) is 0. The van der Waals surface area contributed by atoms with Crippen molar-refractivity contribution in [3.8, 4) is 0 Å². The van der Waals surface area contributed by atoms with Gasteiger partial charge in [-0.05, 0) is 32.0 Å². The van der Waals surface area contributed by atoms with E-state index in [0.29, 0.717) is 22.5 Å². The van der Waals surface area contributed by atoms with Gasteiger partial charge in [0.25, 0.3) is 0 Å². The molecule has 92 valence electrons. The molecule has 0 aliphatic heterocycles. The Labute approximate surface area is 105 Å². The van der Waals surface area contributed by atoms with Gasteiger partial charge >= 0.3 is 0 Å². The van der Waals surface area contributed by atoms with Gasteiger partial charge in [0.05, 0.1) is 17.0 Å². The van der Waals surface area contributed by atoms with Crippen LogP contribution in [0.1, 0.15) is 24.7 Å². The quantitative estimate of drug-likeness (QED) is 0.835. The third kappa shape index (κ3) is 2.31. The molecule has 2 rings (SSSR count). The second-order valence-electron chi connectivity index (χ2n) is 4.06. The van der Waals surface area contributed by atoms with Crippen LogP contribution < -0.4 is 5.32 Å². The summed E-state index contributed by atoms with van der Waals surface area (Å²) in [5.41, 5.74) is 1.26. The molecule has 0 atom stereocenters. The average Bonchev–Trinajstić information content (AvgIpc) is 2.64. The van der Waals surface area contributed by atoms with Gasteiger partial charge in [-0.3, -0.25) is 0 Å². The predicted molar refractivity (Wildman–Crippen MR) is 67.9 cm³/mol. The van der Waals surface area contributed by atoms with Crippen molar-refractivity contribution >= 4 is 22.6 Å². The van der Waals surface area contributed by atoms with Crippen LogP contribution in [0.4, 0.5) is 4.39 Å². The van der Waals surface area contributed by atoms with E-state index in [1.54, 1.807) is 0 Å². The van der Waals surface area contributed by atoms with Crippen molar-refractivity contribution in [2.45, 2.75) is 26.8 Å². The van der Waals surface area contributed by atoms with E-state index in [4.69, 9.17) is 16.0 Å². The molecule has 2 nitrogen and oxygen atoms in total. The third-order valence-corrected chi connectivity index (χ3v) is 3.09. The van der Waals surface area contributed by atoms with E-state index in [-0.39, 0.29) is 5.82 Å². The Morgan fingerprint density at radius 3 is 2.82 bits per heavy atom. The minimum absolute atomic E-state index is 0.285. The van der Waals surface area contributed by atoms with E-state index in [2.05, 4.69) is 12.2 Å². The number of hydrogen-bond acceptors (Lipinski definition) is 2. The topological polar surface area (TPSA) is 25.2 Å². The summed E-state index contributed by atoms with van der Waals surface area (Å²) in [6.45, 7) is 5.46. The average molecular weight is 256 g/mol. The summed E-state index contributed by atoms with van der Waals surface area (Å²) < 4.78 is 19.3. The van der Waals surface area contributed by atoms with Crippen molar-refractivity contribution in [3.05, 3.63) is 34.3 Å². The van der Waals surface area contributed by atoms with Crippen LogP contribution in [0, 0.1) is 12.7 Å². The van der Waals surface area contributed by atoms with Gasteiger partial charge in [-0.15, -0.1) is 0 Å². The van der Waals surface area contributed by atoms with Gasteiger partial charge in [-0.2, -0.15) is 0 Å². The fraction of sp³-hybridized carbons (Fsp3) is 0.385. The van der Waals surface area contributed by atoms with Gasteiger partial charge in [0.15, 0.2) is 5.58 Å². The first-order chi connectivity index (χ1) is 8.15. The molecule has 1 aromatic heterocycles. The van der Waals surface area contributed by atoms with Crippen molar-refractivity contribution in [2.75, 3.05) is 6.54 Å². The minimum Gasteiger partial charge on any atom is -0.458 e. The maximum absolute atomic E-state index is 13.7. The van der Waals surface area contributed by atoms with Crippen LogP contribution >= 0.6 is 11.6 Å². The fourth-order valence-electron chi connectivity index (χ4n) is 1.87. The Balaban J connectivity index is 2.42. The molecule has 1 N–H and O–H groups in total. The van der Waals surface area contributed by atoms with Crippen LogP contribution in [-0.4, -0.2) is 6.54 Å². The van der Waals surface area contributed by atoms with Gasteiger partial charge in [0, 0.05) is 5.56 Å². The number of furan rings is 1. The normalized spacial score (nSPS) is 11.3. The molecule has 1 heterocycles. The van der Waals surface area contributed by atoms with Crippen LogP contribution in [0.5, 0.6) is 0 Å². The second kappa shape index (κ2) is 5.07. The summed E-state index contributed by atoms with van der Waals surface area (Å²) >= 11 is 5.99. The van der Waals surface area contributed by atoms with Crippen LogP contribution in [0.15, 0.2) is 16.5 Å². The first-order valence-electron chi connectivity index (χ1n) is 5.71. The lowest BCUT2D eigenvalue weighted by Gasteiger charge is -2.00. The Morgan fingerprint density at radius 2 is 2.18 bits per heavy atom. The lowest BCUT2D eigenvalue weighted by atomic mass is 10.1. The van der Waals surface area contributed by atoms with Gasteiger partial charge in [0.1, 0.15) is 11.6 Å². The monoisotopic (exact) mass is 255 g/mol. The van der Waals surface area contributed by atoms with Crippen molar-refractivity contribution in [1.29, 1.82) is 0 Å². The van der Waals surface area contributed by atoms with Crippen molar-refractivity contribution in [2.24, 2.45) is 0 Å².